The van der Waals surface area contributed by atoms with Gasteiger partial charge in [-0.15, -0.1) is 0 Å². The number of aromatic nitrogens is 2. The Labute approximate surface area is 205 Å². The molecule has 1 aromatic heterocycles. The quantitative estimate of drug-likeness (QED) is 0.338. The first-order chi connectivity index (χ1) is 17.1. The summed E-state index contributed by atoms with van der Waals surface area (Å²) in [7, 11) is 0. The summed E-state index contributed by atoms with van der Waals surface area (Å²) in [4.78, 5) is 15.0. The first-order valence-corrected chi connectivity index (χ1v) is 12.2. The number of benzene rings is 3. The van der Waals surface area contributed by atoms with Gasteiger partial charge in [0.25, 0.3) is 0 Å². The van der Waals surface area contributed by atoms with Crippen molar-refractivity contribution in [2.75, 3.05) is 30.3 Å². The molecule has 2 heterocycles. The predicted octanol–water partition coefficient (Wildman–Crippen LogP) is 6.20. The van der Waals surface area contributed by atoms with Crippen LogP contribution in [0.2, 0.25) is 0 Å². The Balaban J connectivity index is 1.15. The minimum absolute atomic E-state index is 0.298. The fourth-order valence-corrected chi connectivity index (χ4v) is 4.53. The Morgan fingerprint density at radius 1 is 0.971 bits per heavy atom. The molecule has 1 unspecified atom stereocenters. The lowest BCUT2D eigenvalue weighted by atomic mass is 10.0. The molecule has 2 amide bonds. The van der Waals surface area contributed by atoms with Gasteiger partial charge >= 0.3 is 6.03 Å². The summed E-state index contributed by atoms with van der Waals surface area (Å²) >= 11 is 0. The van der Waals surface area contributed by atoms with Crippen molar-refractivity contribution in [1.29, 1.82) is 0 Å². The summed E-state index contributed by atoms with van der Waals surface area (Å²) in [6, 6.07) is 22.4. The van der Waals surface area contributed by atoms with Crippen LogP contribution in [0.25, 0.3) is 10.9 Å². The number of likely N-dealkylation sites (tertiary alicyclic amines) is 1. The fourth-order valence-electron chi connectivity index (χ4n) is 4.53. The normalized spacial score (nSPS) is 16.2. The zero-order chi connectivity index (χ0) is 24.0. The molecule has 0 saturated carbocycles. The zero-order valence-corrected chi connectivity index (χ0v) is 20.0. The number of rotatable bonds is 7. The number of nitrogens with one attached hydrogen (secondary N) is 2. The molecule has 1 atom stereocenters. The van der Waals surface area contributed by atoms with Gasteiger partial charge in [0.05, 0.1) is 12.1 Å². The third-order valence-corrected chi connectivity index (χ3v) is 6.29. The lowest BCUT2D eigenvalue weighted by molar-refractivity contribution is 0.176. The summed E-state index contributed by atoms with van der Waals surface area (Å²) in [6.45, 7) is 6.56. The van der Waals surface area contributed by atoms with E-state index in [1.165, 1.54) is 25.9 Å². The topological polar surface area (TPSA) is 71.4 Å². The molecule has 1 aliphatic rings. The Hall–Kier alpha value is -3.84. The number of nitrogens with zero attached hydrogens (tertiary/aromatic N) is 3. The maximum absolute atomic E-state index is 12.5. The molecule has 0 aliphatic carbocycles. The van der Waals surface area contributed by atoms with Gasteiger partial charge < -0.3 is 20.3 Å². The van der Waals surface area contributed by atoms with Crippen molar-refractivity contribution in [2.45, 2.75) is 26.3 Å². The highest BCUT2D eigenvalue weighted by Crippen LogP contribution is 2.23. The van der Waals surface area contributed by atoms with Crippen molar-refractivity contribution in [3.8, 4) is 11.5 Å². The van der Waals surface area contributed by atoms with Gasteiger partial charge in [-0.1, -0.05) is 25.1 Å². The summed E-state index contributed by atoms with van der Waals surface area (Å²) in [5, 5.41) is 11.5. The predicted molar refractivity (Wildman–Crippen MR) is 140 cm³/mol. The average Bonchev–Trinajstić information content (AvgIpc) is 3.27. The van der Waals surface area contributed by atoms with Crippen molar-refractivity contribution in [3.63, 3.8) is 0 Å². The van der Waals surface area contributed by atoms with E-state index in [9.17, 15) is 4.79 Å². The molecule has 5 rings (SSSR count). The number of hydrogen-bond acceptors (Lipinski definition) is 4. The van der Waals surface area contributed by atoms with Gasteiger partial charge in [0.2, 0.25) is 0 Å². The van der Waals surface area contributed by atoms with Gasteiger partial charge in [-0.3, -0.25) is 4.68 Å². The Morgan fingerprint density at radius 2 is 1.71 bits per heavy atom. The second-order valence-corrected chi connectivity index (χ2v) is 9.23. The standard InChI is InChI=1S/C28H31N5O2/c1-21-6-5-15-32(19-21)16-17-33-20-22-18-24(11-14-27(22)31-33)30-28(34)29-23-9-12-26(13-10-23)35-25-7-3-2-4-8-25/h2-4,7-14,18,20-21H,5-6,15-17,19H2,1H3,(H2,29,30,34). The molecule has 7 heteroatoms. The van der Waals surface area contributed by atoms with E-state index in [2.05, 4.69) is 28.7 Å². The number of urea groups is 1. The number of carbonyl (C=O) groups excluding carboxylic acids is 1. The first-order valence-electron chi connectivity index (χ1n) is 12.2. The van der Waals surface area contributed by atoms with Crippen LogP contribution in [-0.4, -0.2) is 40.3 Å². The number of anilines is 2. The number of ether oxygens (including phenoxy) is 1. The van der Waals surface area contributed by atoms with E-state index < -0.39 is 0 Å². The van der Waals surface area contributed by atoms with E-state index in [-0.39, 0.29) is 6.03 Å². The lowest BCUT2D eigenvalue weighted by Gasteiger charge is -2.30. The average molecular weight is 470 g/mol. The third kappa shape index (κ3) is 6.19. The van der Waals surface area contributed by atoms with Gasteiger partial charge in [0, 0.05) is 36.0 Å². The van der Waals surface area contributed by atoms with Crippen LogP contribution >= 0.6 is 0 Å². The second kappa shape index (κ2) is 10.6. The molecule has 3 aromatic carbocycles. The van der Waals surface area contributed by atoms with E-state index in [1.54, 1.807) is 0 Å². The summed E-state index contributed by atoms with van der Waals surface area (Å²) in [5.74, 6) is 2.26. The number of fused-ring (bicyclic) bond motifs is 1. The van der Waals surface area contributed by atoms with E-state index in [4.69, 9.17) is 9.84 Å². The van der Waals surface area contributed by atoms with Crippen molar-refractivity contribution >= 4 is 28.3 Å². The van der Waals surface area contributed by atoms with Crippen LogP contribution in [0.4, 0.5) is 16.2 Å². The molecule has 0 radical (unpaired) electrons. The van der Waals surface area contributed by atoms with E-state index in [1.807, 2.05) is 77.5 Å². The Morgan fingerprint density at radius 3 is 2.51 bits per heavy atom. The molecule has 7 nitrogen and oxygen atoms in total. The minimum atomic E-state index is -0.298. The molecule has 1 fully saturated rings. The van der Waals surface area contributed by atoms with E-state index in [0.717, 1.165) is 41.3 Å². The number of amides is 2. The minimum Gasteiger partial charge on any atom is -0.457 e. The molecule has 180 valence electrons. The molecule has 4 aromatic rings. The summed E-state index contributed by atoms with van der Waals surface area (Å²) in [6.07, 6.45) is 4.67. The van der Waals surface area contributed by atoms with Gasteiger partial charge in [-0.25, -0.2) is 4.79 Å². The molecule has 1 saturated heterocycles. The van der Waals surface area contributed by atoms with Crippen LogP contribution in [0, 0.1) is 5.92 Å². The number of carbonyl (C=O) groups is 1. The van der Waals surface area contributed by atoms with Crippen LogP contribution in [0.15, 0.2) is 79.0 Å². The van der Waals surface area contributed by atoms with Crippen molar-refractivity contribution < 1.29 is 9.53 Å². The van der Waals surface area contributed by atoms with E-state index in [0.29, 0.717) is 11.4 Å². The van der Waals surface area contributed by atoms with Gasteiger partial charge in [0.15, 0.2) is 0 Å². The van der Waals surface area contributed by atoms with Crippen LogP contribution in [0.1, 0.15) is 19.8 Å². The maximum Gasteiger partial charge on any atom is 0.323 e. The maximum atomic E-state index is 12.5. The summed E-state index contributed by atoms with van der Waals surface area (Å²) < 4.78 is 7.80. The van der Waals surface area contributed by atoms with Gasteiger partial charge in [-0.2, -0.15) is 5.10 Å². The highest BCUT2D eigenvalue weighted by molar-refractivity contribution is 6.00. The largest absolute Gasteiger partial charge is 0.457 e. The molecule has 0 spiro atoms. The lowest BCUT2D eigenvalue weighted by Crippen LogP contribution is -2.36. The summed E-state index contributed by atoms with van der Waals surface area (Å²) in [5.41, 5.74) is 2.34. The Bertz CT molecular complexity index is 1270. The molecule has 0 bridgehead atoms. The molecular weight excluding hydrogens is 438 g/mol. The smallest absolute Gasteiger partial charge is 0.323 e. The van der Waals surface area contributed by atoms with Crippen LogP contribution in [-0.2, 0) is 6.54 Å². The van der Waals surface area contributed by atoms with Crippen molar-refractivity contribution in [1.82, 2.24) is 14.7 Å². The van der Waals surface area contributed by atoms with Crippen LogP contribution in [0.3, 0.4) is 0 Å². The first kappa shape index (κ1) is 22.9. The number of para-hydroxylation sites is 1. The number of piperidine rings is 1. The molecule has 1 aliphatic heterocycles. The van der Waals surface area contributed by atoms with Crippen LogP contribution in [0.5, 0.6) is 11.5 Å². The highest BCUT2D eigenvalue weighted by Gasteiger charge is 2.16. The second-order valence-electron chi connectivity index (χ2n) is 9.23. The zero-order valence-electron chi connectivity index (χ0n) is 20.0. The third-order valence-electron chi connectivity index (χ3n) is 6.29. The molecule has 35 heavy (non-hydrogen) atoms. The van der Waals surface area contributed by atoms with Gasteiger partial charge in [-0.05, 0) is 79.9 Å². The molecular formula is C28H31N5O2. The fraction of sp³-hybridized carbons (Fsp3) is 0.286. The Kier molecular flexibility index (Phi) is 6.95. The molecule has 2 N–H and O–H groups in total. The SMILES string of the molecule is CC1CCCN(CCn2cc3cc(NC(=O)Nc4ccc(Oc5ccccc5)cc4)ccc3n2)C1. The van der Waals surface area contributed by atoms with Crippen molar-refractivity contribution in [2.24, 2.45) is 5.92 Å². The van der Waals surface area contributed by atoms with Crippen LogP contribution < -0.4 is 15.4 Å². The van der Waals surface area contributed by atoms with E-state index >= 15 is 0 Å². The highest BCUT2D eigenvalue weighted by atomic mass is 16.5. The van der Waals surface area contributed by atoms with Crippen molar-refractivity contribution in [3.05, 3.63) is 79.0 Å². The van der Waals surface area contributed by atoms with Gasteiger partial charge in [0.1, 0.15) is 11.5 Å². The monoisotopic (exact) mass is 469 g/mol. The number of hydrogen-bond donors (Lipinski definition) is 2.